The summed E-state index contributed by atoms with van der Waals surface area (Å²) in [6, 6.07) is 9.03. The summed E-state index contributed by atoms with van der Waals surface area (Å²) in [4.78, 5) is 20.4. The van der Waals surface area contributed by atoms with Crippen molar-refractivity contribution < 1.29 is 14.3 Å². The highest BCUT2D eigenvalue weighted by molar-refractivity contribution is 5.94. The number of hydrogen-bond acceptors (Lipinski definition) is 5. The van der Waals surface area contributed by atoms with Gasteiger partial charge in [0.2, 0.25) is 0 Å². The van der Waals surface area contributed by atoms with Gasteiger partial charge in [-0.3, -0.25) is 14.8 Å². The van der Waals surface area contributed by atoms with Crippen molar-refractivity contribution >= 4 is 17.6 Å². The number of carbonyl (C=O) groups is 1. The predicted octanol–water partition coefficient (Wildman–Crippen LogP) is 2.30. The molecule has 0 atom stereocenters. The minimum absolute atomic E-state index is 0.169. The molecule has 8 nitrogen and oxygen atoms in total. The number of methoxy groups -OCH3 is 1. The Labute approximate surface area is 165 Å². The molecule has 0 fully saturated rings. The van der Waals surface area contributed by atoms with Gasteiger partial charge in [-0.2, -0.15) is 0 Å². The van der Waals surface area contributed by atoms with E-state index < -0.39 is 0 Å². The smallest absolute Gasteiger partial charge is 0.252 e. The first-order valence-electron chi connectivity index (χ1n) is 9.22. The quantitative estimate of drug-likeness (QED) is 0.348. The second kappa shape index (κ2) is 11.4. The topological polar surface area (TPSA) is 96.9 Å². The zero-order chi connectivity index (χ0) is 20.2. The number of benzene rings is 1. The van der Waals surface area contributed by atoms with Gasteiger partial charge in [-0.1, -0.05) is 0 Å². The summed E-state index contributed by atoms with van der Waals surface area (Å²) >= 11 is 0. The molecular weight excluding hydrogens is 358 g/mol. The number of nitrogens with zero attached hydrogens (tertiary/aromatic N) is 2. The minimum Gasteiger partial charge on any atom is -0.493 e. The molecule has 0 saturated heterocycles. The van der Waals surface area contributed by atoms with Crippen LogP contribution in [0.15, 0.2) is 47.7 Å². The van der Waals surface area contributed by atoms with Crippen LogP contribution in [0.2, 0.25) is 0 Å². The molecule has 0 aliphatic rings. The van der Waals surface area contributed by atoms with Crippen LogP contribution >= 0.6 is 0 Å². The molecule has 1 aromatic heterocycles. The Bertz CT molecular complexity index is 781. The molecule has 1 amide bonds. The molecule has 28 heavy (non-hydrogen) atoms. The number of hydrogen-bond donors (Lipinski definition) is 3. The Kier molecular flexibility index (Phi) is 8.58. The summed E-state index contributed by atoms with van der Waals surface area (Å²) in [6.07, 6.45) is 3.16. The molecule has 0 spiro atoms. The summed E-state index contributed by atoms with van der Waals surface area (Å²) in [5.41, 5.74) is 1.35. The summed E-state index contributed by atoms with van der Waals surface area (Å²) < 4.78 is 10.9. The third-order valence-corrected chi connectivity index (χ3v) is 3.66. The van der Waals surface area contributed by atoms with E-state index >= 15 is 0 Å². The predicted molar refractivity (Wildman–Crippen MR) is 110 cm³/mol. The summed E-state index contributed by atoms with van der Waals surface area (Å²) in [6.45, 7) is 6.01. The van der Waals surface area contributed by atoms with Gasteiger partial charge >= 0.3 is 0 Å². The third kappa shape index (κ3) is 6.46. The van der Waals surface area contributed by atoms with E-state index in [1.54, 1.807) is 25.4 Å². The van der Waals surface area contributed by atoms with Crippen molar-refractivity contribution in [2.75, 3.05) is 38.7 Å². The van der Waals surface area contributed by atoms with Crippen molar-refractivity contribution in [1.82, 2.24) is 15.6 Å². The monoisotopic (exact) mass is 385 g/mol. The number of nitrogens with one attached hydrogen (secondary N) is 3. The Hall–Kier alpha value is -3.29. The van der Waals surface area contributed by atoms with Crippen molar-refractivity contribution in [3.8, 4) is 11.5 Å². The maximum atomic E-state index is 12.0. The van der Waals surface area contributed by atoms with E-state index in [0.29, 0.717) is 49.3 Å². The van der Waals surface area contributed by atoms with Gasteiger partial charge in [-0.15, -0.1) is 0 Å². The summed E-state index contributed by atoms with van der Waals surface area (Å²) in [7, 11) is 1.61. The summed E-state index contributed by atoms with van der Waals surface area (Å²) in [5, 5.41) is 9.23. The number of pyridine rings is 1. The molecule has 0 unspecified atom stereocenters. The average Bonchev–Trinajstić information content (AvgIpc) is 2.72. The molecule has 0 bridgehead atoms. The minimum atomic E-state index is -0.169. The lowest BCUT2D eigenvalue weighted by molar-refractivity contribution is 0.0954. The lowest BCUT2D eigenvalue weighted by Gasteiger charge is -2.14. The van der Waals surface area contributed by atoms with Crippen molar-refractivity contribution in [1.29, 1.82) is 0 Å². The standard InChI is InChI=1S/C20H27N5O3/c1-4-22-20(24-12-11-23-19(26)15-7-6-10-21-14-15)25-16-8-9-17(27-3)18(13-16)28-5-2/h6-10,13-14H,4-5,11-12H2,1-3H3,(H,23,26)(H2,22,24,25). The second-order valence-electron chi connectivity index (χ2n) is 5.68. The number of ether oxygens (including phenoxy) is 2. The molecule has 1 aromatic carbocycles. The number of guanidine groups is 1. The van der Waals surface area contributed by atoms with Gasteiger partial charge in [-0.05, 0) is 38.1 Å². The SMILES string of the molecule is CCNC(=NCCNC(=O)c1cccnc1)Nc1ccc(OC)c(OCC)c1. The number of aliphatic imine (C=N–C) groups is 1. The molecule has 2 rings (SSSR count). The van der Waals surface area contributed by atoms with Crippen LogP contribution in [0.4, 0.5) is 5.69 Å². The highest BCUT2D eigenvalue weighted by Gasteiger charge is 2.07. The van der Waals surface area contributed by atoms with Gasteiger partial charge in [0.05, 0.1) is 25.8 Å². The molecule has 150 valence electrons. The van der Waals surface area contributed by atoms with Crippen molar-refractivity contribution in [3.05, 3.63) is 48.3 Å². The van der Waals surface area contributed by atoms with Crippen LogP contribution in [0, 0.1) is 0 Å². The normalized spacial score (nSPS) is 10.9. The highest BCUT2D eigenvalue weighted by atomic mass is 16.5. The molecular formula is C20H27N5O3. The van der Waals surface area contributed by atoms with Crippen molar-refractivity contribution in [2.24, 2.45) is 4.99 Å². The highest BCUT2D eigenvalue weighted by Crippen LogP contribution is 2.30. The van der Waals surface area contributed by atoms with Crippen molar-refractivity contribution in [3.63, 3.8) is 0 Å². The second-order valence-corrected chi connectivity index (χ2v) is 5.68. The fourth-order valence-electron chi connectivity index (χ4n) is 2.40. The van der Waals surface area contributed by atoms with Crippen LogP contribution in [0.3, 0.4) is 0 Å². The fourth-order valence-corrected chi connectivity index (χ4v) is 2.40. The zero-order valence-electron chi connectivity index (χ0n) is 16.5. The van der Waals surface area contributed by atoms with E-state index in [2.05, 4.69) is 25.9 Å². The Morgan fingerprint density at radius 1 is 1.18 bits per heavy atom. The van der Waals surface area contributed by atoms with E-state index in [1.807, 2.05) is 32.0 Å². The van der Waals surface area contributed by atoms with Gasteiger partial charge < -0.3 is 25.4 Å². The van der Waals surface area contributed by atoms with E-state index in [1.165, 1.54) is 6.20 Å². The maximum absolute atomic E-state index is 12.0. The van der Waals surface area contributed by atoms with Gasteiger partial charge in [0.1, 0.15) is 0 Å². The van der Waals surface area contributed by atoms with Crippen LogP contribution in [0.1, 0.15) is 24.2 Å². The molecule has 2 aromatic rings. The number of carbonyl (C=O) groups excluding carboxylic acids is 1. The van der Waals surface area contributed by atoms with Crippen molar-refractivity contribution in [2.45, 2.75) is 13.8 Å². The van der Waals surface area contributed by atoms with Gasteiger partial charge in [0.15, 0.2) is 17.5 Å². The third-order valence-electron chi connectivity index (χ3n) is 3.66. The molecule has 3 N–H and O–H groups in total. The lowest BCUT2D eigenvalue weighted by Crippen LogP contribution is -2.32. The Balaban J connectivity index is 1.95. The first kappa shape index (κ1) is 21.0. The molecule has 0 aliphatic carbocycles. The molecule has 0 radical (unpaired) electrons. The van der Waals surface area contributed by atoms with Crippen LogP contribution in [-0.2, 0) is 0 Å². The Morgan fingerprint density at radius 2 is 2.04 bits per heavy atom. The molecule has 0 aliphatic heterocycles. The van der Waals surface area contributed by atoms with Gasteiger partial charge in [0, 0.05) is 37.2 Å². The van der Waals surface area contributed by atoms with E-state index in [0.717, 1.165) is 5.69 Å². The number of amides is 1. The zero-order valence-corrected chi connectivity index (χ0v) is 16.5. The fraction of sp³-hybridized carbons (Fsp3) is 0.350. The summed E-state index contributed by atoms with van der Waals surface area (Å²) in [5.74, 6) is 1.78. The van der Waals surface area contributed by atoms with Gasteiger partial charge in [0.25, 0.3) is 5.91 Å². The molecule has 1 heterocycles. The van der Waals surface area contributed by atoms with Gasteiger partial charge in [-0.25, -0.2) is 0 Å². The van der Waals surface area contributed by atoms with E-state index in [9.17, 15) is 4.79 Å². The number of anilines is 1. The Morgan fingerprint density at radius 3 is 2.71 bits per heavy atom. The molecule has 0 saturated carbocycles. The van der Waals surface area contributed by atoms with Crippen LogP contribution in [-0.4, -0.2) is 50.2 Å². The van der Waals surface area contributed by atoms with Crippen LogP contribution in [0.5, 0.6) is 11.5 Å². The van der Waals surface area contributed by atoms with Crippen LogP contribution < -0.4 is 25.4 Å². The first-order chi connectivity index (χ1) is 13.7. The lowest BCUT2D eigenvalue weighted by atomic mass is 10.2. The van der Waals surface area contributed by atoms with E-state index in [4.69, 9.17) is 9.47 Å². The number of rotatable bonds is 9. The average molecular weight is 385 g/mol. The number of aromatic nitrogens is 1. The largest absolute Gasteiger partial charge is 0.493 e. The molecule has 8 heteroatoms. The van der Waals surface area contributed by atoms with E-state index in [-0.39, 0.29) is 5.91 Å². The van der Waals surface area contributed by atoms with Crippen LogP contribution in [0.25, 0.3) is 0 Å². The maximum Gasteiger partial charge on any atom is 0.252 e. The first-order valence-corrected chi connectivity index (χ1v) is 9.22.